The minimum Gasteiger partial charge on any atom is -0.494 e. The molecule has 0 aliphatic carbocycles. The Morgan fingerprint density at radius 1 is 1.39 bits per heavy atom. The average Bonchev–Trinajstić information content (AvgIpc) is 2.69. The van der Waals surface area contributed by atoms with Crippen LogP contribution in [-0.2, 0) is 0 Å². The van der Waals surface area contributed by atoms with Gasteiger partial charge in [0.25, 0.3) is 0 Å². The molecule has 1 aromatic carbocycles. The van der Waals surface area contributed by atoms with Crippen LogP contribution in [-0.4, -0.2) is 12.9 Å². The van der Waals surface area contributed by atoms with Gasteiger partial charge in [-0.2, -0.15) is 0 Å². The summed E-state index contributed by atoms with van der Waals surface area (Å²) in [4.78, 5) is 12.8. The Balaban J connectivity index is 2.39. The van der Waals surface area contributed by atoms with Gasteiger partial charge in [-0.25, -0.2) is 4.39 Å². The van der Waals surface area contributed by atoms with E-state index in [4.69, 9.17) is 4.74 Å². The first-order chi connectivity index (χ1) is 8.52. The SMILES string of the molecule is COc1cc(C(=O)c2cc(C)c(Br)s2)ccc1F. The van der Waals surface area contributed by atoms with Crippen LogP contribution in [0, 0.1) is 12.7 Å². The van der Waals surface area contributed by atoms with Crippen molar-refractivity contribution < 1.29 is 13.9 Å². The lowest BCUT2D eigenvalue weighted by Crippen LogP contribution is -2.00. The fourth-order valence-corrected chi connectivity index (χ4v) is 3.01. The highest BCUT2D eigenvalue weighted by Gasteiger charge is 2.15. The van der Waals surface area contributed by atoms with Gasteiger partial charge in [0, 0.05) is 5.56 Å². The number of benzene rings is 1. The second-order valence-electron chi connectivity index (χ2n) is 3.75. The third-order valence-corrected chi connectivity index (χ3v) is 4.63. The van der Waals surface area contributed by atoms with Crippen molar-refractivity contribution in [3.63, 3.8) is 0 Å². The number of hydrogen-bond donors (Lipinski definition) is 0. The summed E-state index contributed by atoms with van der Waals surface area (Å²) in [5.74, 6) is -0.530. The minimum absolute atomic E-state index is 0.0770. The molecule has 94 valence electrons. The van der Waals surface area contributed by atoms with Gasteiger partial charge in [-0.15, -0.1) is 11.3 Å². The van der Waals surface area contributed by atoms with Gasteiger partial charge in [0.05, 0.1) is 15.8 Å². The molecular weight excluding hydrogens is 319 g/mol. The van der Waals surface area contributed by atoms with Crippen molar-refractivity contribution in [2.75, 3.05) is 7.11 Å². The van der Waals surface area contributed by atoms with Crippen LogP contribution in [0.3, 0.4) is 0 Å². The predicted molar refractivity (Wildman–Crippen MR) is 73.1 cm³/mol. The fourth-order valence-electron chi connectivity index (χ4n) is 1.52. The fraction of sp³-hybridized carbons (Fsp3) is 0.154. The maximum absolute atomic E-state index is 13.3. The Morgan fingerprint density at radius 2 is 2.11 bits per heavy atom. The van der Waals surface area contributed by atoms with Gasteiger partial charge in [0.2, 0.25) is 5.78 Å². The number of carbonyl (C=O) groups is 1. The van der Waals surface area contributed by atoms with Gasteiger partial charge in [0.15, 0.2) is 11.6 Å². The minimum atomic E-state index is -0.474. The molecule has 0 N–H and O–H groups in total. The van der Waals surface area contributed by atoms with Gasteiger partial charge in [0.1, 0.15) is 0 Å². The molecule has 0 spiro atoms. The largest absolute Gasteiger partial charge is 0.494 e. The molecule has 0 amide bonds. The topological polar surface area (TPSA) is 26.3 Å². The van der Waals surface area contributed by atoms with Crippen LogP contribution in [0.2, 0.25) is 0 Å². The molecule has 1 heterocycles. The van der Waals surface area contributed by atoms with E-state index in [1.54, 1.807) is 0 Å². The van der Waals surface area contributed by atoms with Crippen LogP contribution >= 0.6 is 27.3 Å². The molecule has 0 fully saturated rings. The van der Waals surface area contributed by atoms with Gasteiger partial charge >= 0.3 is 0 Å². The van der Waals surface area contributed by atoms with E-state index in [0.29, 0.717) is 10.4 Å². The summed E-state index contributed by atoms with van der Waals surface area (Å²) >= 11 is 4.75. The van der Waals surface area contributed by atoms with Gasteiger partial charge < -0.3 is 4.74 Å². The Morgan fingerprint density at radius 3 is 2.67 bits per heavy atom. The van der Waals surface area contributed by atoms with Crippen LogP contribution in [0.4, 0.5) is 4.39 Å². The number of carbonyl (C=O) groups excluding carboxylic acids is 1. The lowest BCUT2D eigenvalue weighted by Gasteiger charge is -2.03. The molecule has 0 saturated heterocycles. The van der Waals surface area contributed by atoms with Gasteiger partial charge in [-0.05, 0) is 52.7 Å². The number of ketones is 1. The molecule has 0 aliphatic rings. The number of methoxy groups -OCH3 is 1. The third kappa shape index (κ3) is 2.47. The van der Waals surface area contributed by atoms with Crippen LogP contribution < -0.4 is 4.74 Å². The van der Waals surface area contributed by atoms with E-state index in [-0.39, 0.29) is 11.5 Å². The van der Waals surface area contributed by atoms with E-state index >= 15 is 0 Å². The molecule has 0 unspecified atom stereocenters. The second-order valence-corrected chi connectivity index (χ2v) is 6.12. The maximum atomic E-state index is 13.3. The number of rotatable bonds is 3. The molecule has 2 rings (SSSR count). The van der Waals surface area contributed by atoms with E-state index in [9.17, 15) is 9.18 Å². The molecule has 0 saturated carbocycles. The molecule has 18 heavy (non-hydrogen) atoms. The zero-order valence-corrected chi connectivity index (χ0v) is 12.2. The number of hydrogen-bond acceptors (Lipinski definition) is 3. The number of halogens is 2. The molecule has 0 atom stereocenters. The molecular formula is C13H10BrFO2S. The summed E-state index contributed by atoms with van der Waals surface area (Å²) in [5, 5.41) is 0. The summed E-state index contributed by atoms with van der Waals surface area (Å²) in [6.45, 7) is 1.92. The number of ether oxygens (including phenoxy) is 1. The lowest BCUT2D eigenvalue weighted by atomic mass is 10.1. The standard InChI is InChI=1S/C13H10BrFO2S/c1-7-5-11(18-13(7)14)12(16)8-3-4-9(15)10(6-8)17-2/h3-6H,1-2H3. The van der Waals surface area contributed by atoms with E-state index in [1.807, 2.05) is 13.0 Å². The van der Waals surface area contributed by atoms with Crippen molar-refractivity contribution in [2.24, 2.45) is 0 Å². The molecule has 2 aromatic rings. The first-order valence-electron chi connectivity index (χ1n) is 5.17. The Hall–Kier alpha value is -1.20. The third-order valence-electron chi connectivity index (χ3n) is 2.49. The van der Waals surface area contributed by atoms with E-state index in [0.717, 1.165) is 9.35 Å². The molecule has 0 radical (unpaired) electrons. The number of thiophene rings is 1. The Kier molecular flexibility index (Phi) is 3.82. The molecule has 5 heteroatoms. The zero-order chi connectivity index (χ0) is 13.3. The quantitative estimate of drug-likeness (QED) is 0.789. The van der Waals surface area contributed by atoms with Crippen LogP contribution in [0.1, 0.15) is 20.8 Å². The van der Waals surface area contributed by atoms with Crippen LogP contribution in [0.25, 0.3) is 0 Å². The summed E-state index contributed by atoms with van der Waals surface area (Å²) in [7, 11) is 1.37. The van der Waals surface area contributed by atoms with Crippen molar-refractivity contribution in [3.8, 4) is 5.75 Å². The van der Waals surface area contributed by atoms with Gasteiger partial charge in [-0.3, -0.25) is 4.79 Å². The Bertz CT molecular complexity index is 588. The zero-order valence-electron chi connectivity index (χ0n) is 9.79. The molecule has 2 nitrogen and oxygen atoms in total. The monoisotopic (exact) mass is 328 g/mol. The van der Waals surface area contributed by atoms with E-state index < -0.39 is 5.82 Å². The smallest absolute Gasteiger partial charge is 0.203 e. The highest BCUT2D eigenvalue weighted by Crippen LogP contribution is 2.30. The van der Waals surface area contributed by atoms with E-state index in [1.165, 1.54) is 36.6 Å². The first kappa shape index (κ1) is 13.2. The van der Waals surface area contributed by atoms with Crippen molar-refractivity contribution in [1.29, 1.82) is 0 Å². The van der Waals surface area contributed by atoms with E-state index in [2.05, 4.69) is 15.9 Å². The normalized spacial score (nSPS) is 10.4. The molecule has 1 aromatic heterocycles. The maximum Gasteiger partial charge on any atom is 0.203 e. The first-order valence-corrected chi connectivity index (χ1v) is 6.78. The van der Waals surface area contributed by atoms with Crippen molar-refractivity contribution >= 4 is 33.0 Å². The Labute approximate surface area is 117 Å². The van der Waals surface area contributed by atoms with Crippen molar-refractivity contribution in [3.05, 3.63) is 49.9 Å². The van der Waals surface area contributed by atoms with Crippen LogP contribution in [0.15, 0.2) is 28.1 Å². The van der Waals surface area contributed by atoms with Gasteiger partial charge in [-0.1, -0.05) is 0 Å². The summed E-state index contributed by atoms with van der Waals surface area (Å²) in [6, 6.07) is 5.93. The molecule has 0 aliphatic heterocycles. The predicted octanol–water partition coefficient (Wildman–Crippen LogP) is 4.20. The van der Waals surface area contributed by atoms with Crippen molar-refractivity contribution in [1.82, 2.24) is 0 Å². The average molecular weight is 329 g/mol. The van der Waals surface area contributed by atoms with Crippen LogP contribution in [0.5, 0.6) is 5.75 Å². The summed E-state index contributed by atoms with van der Waals surface area (Å²) in [5.41, 5.74) is 1.43. The summed E-state index contributed by atoms with van der Waals surface area (Å²) < 4.78 is 19.1. The second kappa shape index (κ2) is 5.20. The highest BCUT2D eigenvalue weighted by atomic mass is 79.9. The lowest BCUT2D eigenvalue weighted by molar-refractivity contribution is 0.104. The molecule has 0 bridgehead atoms. The highest BCUT2D eigenvalue weighted by molar-refractivity contribution is 9.11. The van der Waals surface area contributed by atoms with Crippen molar-refractivity contribution in [2.45, 2.75) is 6.92 Å². The summed E-state index contributed by atoms with van der Waals surface area (Å²) in [6.07, 6.45) is 0. The number of aryl methyl sites for hydroxylation is 1.